The summed E-state index contributed by atoms with van der Waals surface area (Å²) in [5.74, 6) is 1.42. The SMILES string of the molecule is COc1cc(=O)n(-c2ccccc2)nc1C(=O)N1CC2CN(c3ccc(C#N)cn3)CC2C1. The molecule has 0 radical (unpaired) electrons. The van der Waals surface area contributed by atoms with Gasteiger partial charge in [-0.1, -0.05) is 18.2 Å². The van der Waals surface area contributed by atoms with E-state index in [0.29, 0.717) is 36.2 Å². The first-order valence-corrected chi connectivity index (χ1v) is 10.7. The number of hydrogen-bond donors (Lipinski definition) is 0. The molecule has 166 valence electrons. The summed E-state index contributed by atoms with van der Waals surface area (Å²) in [6.07, 6.45) is 1.58. The summed E-state index contributed by atoms with van der Waals surface area (Å²) in [5, 5.41) is 13.3. The first kappa shape index (κ1) is 20.7. The normalized spacial score (nSPS) is 19.3. The van der Waals surface area contributed by atoms with Crippen molar-refractivity contribution < 1.29 is 9.53 Å². The van der Waals surface area contributed by atoms with Gasteiger partial charge in [0, 0.05) is 44.2 Å². The van der Waals surface area contributed by atoms with Gasteiger partial charge in [-0.2, -0.15) is 15.0 Å². The van der Waals surface area contributed by atoms with E-state index in [0.717, 1.165) is 18.9 Å². The number of carbonyl (C=O) groups is 1. The van der Waals surface area contributed by atoms with E-state index in [2.05, 4.69) is 21.1 Å². The lowest BCUT2D eigenvalue weighted by molar-refractivity contribution is 0.0770. The smallest absolute Gasteiger partial charge is 0.278 e. The summed E-state index contributed by atoms with van der Waals surface area (Å²) in [5.41, 5.74) is 0.890. The Balaban J connectivity index is 1.34. The number of methoxy groups -OCH3 is 1. The summed E-state index contributed by atoms with van der Waals surface area (Å²) in [6, 6.07) is 16.0. The quantitative estimate of drug-likeness (QED) is 0.606. The predicted octanol–water partition coefficient (Wildman–Crippen LogP) is 1.72. The van der Waals surface area contributed by atoms with Crippen molar-refractivity contribution in [3.63, 3.8) is 0 Å². The van der Waals surface area contributed by atoms with Crippen molar-refractivity contribution in [2.45, 2.75) is 0 Å². The van der Waals surface area contributed by atoms with Crippen LogP contribution in [-0.4, -0.2) is 58.9 Å². The van der Waals surface area contributed by atoms with Gasteiger partial charge >= 0.3 is 0 Å². The fourth-order valence-corrected chi connectivity index (χ4v) is 4.63. The van der Waals surface area contributed by atoms with Crippen LogP contribution in [0.4, 0.5) is 5.82 Å². The molecule has 2 fully saturated rings. The lowest BCUT2D eigenvalue weighted by atomic mass is 10.0. The van der Waals surface area contributed by atoms with Crippen LogP contribution in [0.3, 0.4) is 0 Å². The van der Waals surface area contributed by atoms with Gasteiger partial charge < -0.3 is 14.5 Å². The highest BCUT2D eigenvalue weighted by molar-refractivity contribution is 5.95. The number of hydrogen-bond acceptors (Lipinski definition) is 7. The number of amides is 1. The molecule has 1 aromatic carbocycles. The monoisotopic (exact) mass is 442 g/mol. The van der Waals surface area contributed by atoms with E-state index >= 15 is 0 Å². The Hall–Kier alpha value is -4.19. The van der Waals surface area contributed by atoms with Crippen LogP contribution >= 0.6 is 0 Å². The number of benzene rings is 1. The van der Waals surface area contributed by atoms with Gasteiger partial charge in [0.05, 0.1) is 24.4 Å². The first-order valence-electron chi connectivity index (χ1n) is 10.7. The standard InChI is InChI=1S/C24H22N6O3/c1-33-20-9-22(31)30(19-5-3-2-4-6-19)27-23(20)24(32)29-14-17-12-28(13-18(17)15-29)21-8-7-16(10-25)11-26-21/h2-9,11,17-18H,12-15H2,1H3. The molecule has 33 heavy (non-hydrogen) atoms. The van der Waals surface area contributed by atoms with E-state index in [9.17, 15) is 9.59 Å². The molecule has 0 spiro atoms. The molecule has 5 rings (SSSR count). The Bertz CT molecular complexity index is 1270. The number of nitrogens with zero attached hydrogens (tertiary/aromatic N) is 6. The zero-order valence-corrected chi connectivity index (χ0v) is 18.1. The zero-order valence-electron chi connectivity index (χ0n) is 18.1. The number of aromatic nitrogens is 3. The van der Waals surface area contributed by atoms with Crippen molar-refractivity contribution in [2.75, 3.05) is 38.2 Å². The minimum Gasteiger partial charge on any atom is -0.494 e. The lowest BCUT2D eigenvalue weighted by Gasteiger charge is -2.23. The number of ether oxygens (including phenoxy) is 1. The van der Waals surface area contributed by atoms with E-state index in [-0.39, 0.29) is 22.9 Å². The van der Waals surface area contributed by atoms with Gasteiger partial charge in [0.2, 0.25) is 0 Å². The van der Waals surface area contributed by atoms with Gasteiger partial charge in [0.1, 0.15) is 11.9 Å². The van der Waals surface area contributed by atoms with Crippen molar-refractivity contribution in [3.05, 3.63) is 76.3 Å². The Labute approximate surface area is 190 Å². The minimum atomic E-state index is -0.363. The fourth-order valence-electron chi connectivity index (χ4n) is 4.63. The molecular weight excluding hydrogens is 420 g/mol. The number of carbonyl (C=O) groups excluding carboxylic acids is 1. The van der Waals surface area contributed by atoms with Crippen molar-refractivity contribution in [1.82, 2.24) is 19.7 Å². The average Bonchev–Trinajstić information content (AvgIpc) is 3.44. The molecule has 0 N–H and O–H groups in total. The van der Waals surface area contributed by atoms with Crippen LogP contribution in [-0.2, 0) is 0 Å². The van der Waals surface area contributed by atoms with Crippen LogP contribution in [0.5, 0.6) is 5.75 Å². The highest BCUT2D eigenvalue weighted by Crippen LogP contribution is 2.34. The van der Waals surface area contributed by atoms with Crippen molar-refractivity contribution in [3.8, 4) is 17.5 Å². The van der Waals surface area contributed by atoms with Crippen LogP contribution in [0.25, 0.3) is 5.69 Å². The first-order chi connectivity index (χ1) is 16.1. The Kier molecular flexibility index (Phi) is 5.26. The Morgan fingerprint density at radius 2 is 1.82 bits per heavy atom. The van der Waals surface area contributed by atoms with E-state index in [1.54, 1.807) is 29.3 Å². The topological polar surface area (TPSA) is 104 Å². The van der Waals surface area contributed by atoms with Gasteiger partial charge in [0.25, 0.3) is 11.5 Å². The molecule has 2 aromatic heterocycles. The number of pyridine rings is 1. The van der Waals surface area contributed by atoms with Crippen LogP contribution in [0.15, 0.2) is 59.5 Å². The molecule has 2 atom stereocenters. The van der Waals surface area contributed by atoms with Crippen LogP contribution in [0, 0.1) is 23.2 Å². The molecule has 2 unspecified atom stereocenters. The van der Waals surface area contributed by atoms with Gasteiger partial charge in [-0.3, -0.25) is 9.59 Å². The number of fused-ring (bicyclic) bond motifs is 1. The second kappa shape index (κ2) is 8.39. The third-order valence-electron chi connectivity index (χ3n) is 6.29. The molecule has 0 saturated carbocycles. The molecule has 0 bridgehead atoms. The van der Waals surface area contributed by atoms with Crippen molar-refractivity contribution in [1.29, 1.82) is 5.26 Å². The van der Waals surface area contributed by atoms with Crippen molar-refractivity contribution >= 4 is 11.7 Å². The van der Waals surface area contributed by atoms with Gasteiger partial charge in [-0.25, -0.2) is 4.98 Å². The molecule has 9 heteroatoms. The van der Waals surface area contributed by atoms with E-state index in [1.807, 2.05) is 24.3 Å². The van der Waals surface area contributed by atoms with Crippen molar-refractivity contribution in [2.24, 2.45) is 11.8 Å². The maximum Gasteiger partial charge on any atom is 0.278 e. The second-order valence-corrected chi connectivity index (χ2v) is 8.30. The molecular formula is C24H22N6O3. The predicted molar refractivity (Wildman–Crippen MR) is 120 cm³/mol. The molecule has 3 aromatic rings. The molecule has 9 nitrogen and oxygen atoms in total. The van der Waals surface area contributed by atoms with Crippen LogP contribution < -0.4 is 15.2 Å². The zero-order chi connectivity index (χ0) is 22.9. The highest BCUT2D eigenvalue weighted by Gasteiger charge is 2.43. The molecule has 0 aliphatic carbocycles. The average molecular weight is 442 g/mol. The maximum absolute atomic E-state index is 13.4. The van der Waals surface area contributed by atoms with E-state index < -0.39 is 0 Å². The Morgan fingerprint density at radius 3 is 2.42 bits per heavy atom. The van der Waals surface area contributed by atoms with Crippen LogP contribution in [0.2, 0.25) is 0 Å². The number of anilines is 1. The number of likely N-dealkylation sites (tertiary alicyclic amines) is 1. The largest absolute Gasteiger partial charge is 0.494 e. The summed E-state index contributed by atoms with van der Waals surface area (Å²) in [4.78, 5) is 34.3. The van der Waals surface area contributed by atoms with Gasteiger partial charge in [-0.15, -0.1) is 0 Å². The van der Waals surface area contributed by atoms with Crippen LogP contribution in [0.1, 0.15) is 16.1 Å². The summed E-state index contributed by atoms with van der Waals surface area (Å²) in [7, 11) is 1.43. The molecule has 2 aliphatic rings. The maximum atomic E-state index is 13.4. The number of nitriles is 1. The molecule has 2 aliphatic heterocycles. The second-order valence-electron chi connectivity index (χ2n) is 8.30. The number of para-hydroxylation sites is 1. The van der Waals surface area contributed by atoms with Gasteiger partial charge in [-0.05, 0) is 24.3 Å². The minimum absolute atomic E-state index is 0.131. The van der Waals surface area contributed by atoms with E-state index in [4.69, 9.17) is 10.00 Å². The van der Waals surface area contributed by atoms with Gasteiger partial charge in [0.15, 0.2) is 11.4 Å². The molecule has 4 heterocycles. The summed E-state index contributed by atoms with van der Waals surface area (Å²) in [6.45, 7) is 2.79. The highest BCUT2D eigenvalue weighted by atomic mass is 16.5. The lowest BCUT2D eigenvalue weighted by Crippen LogP contribution is -2.35. The molecule has 2 saturated heterocycles. The van der Waals surface area contributed by atoms with E-state index in [1.165, 1.54) is 17.9 Å². The third-order valence-corrected chi connectivity index (χ3v) is 6.29. The Morgan fingerprint density at radius 1 is 1.09 bits per heavy atom. The third kappa shape index (κ3) is 3.80. The molecule has 1 amide bonds. The number of rotatable bonds is 4. The summed E-state index contributed by atoms with van der Waals surface area (Å²) < 4.78 is 6.55. The fraction of sp³-hybridized carbons (Fsp3) is 0.292. The summed E-state index contributed by atoms with van der Waals surface area (Å²) >= 11 is 0.